The molecule has 0 unspecified atom stereocenters. The molecular weight excluding hydrogens is 378 g/mol. The number of nitrogens with two attached hydrogens (primary N) is 1. The number of nitrogen functional groups attached to an aromatic ring is 1. The van der Waals surface area contributed by atoms with E-state index in [-0.39, 0.29) is 0 Å². The van der Waals surface area contributed by atoms with E-state index in [1.165, 1.54) is 6.33 Å². The molecule has 0 atom stereocenters. The quantitative estimate of drug-likeness (QED) is 0.559. The molecule has 1 saturated heterocycles. The first kappa shape index (κ1) is 18.1. The van der Waals surface area contributed by atoms with Gasteiger partial charge in [0.1, 0.15) is 23.3 Å². The number of benzene rings is 1. The van der Waals surface area contributed by atoms with Crippen LogP contribution in [-0.4, -0.2) is 46.1 Å². The fraction of sp³-hybridized carbons (Fsp3) is 0.182. The van der Waals surface area contributed by atoms with Gasteiger partial charge in [0.25, 0.3) is 0 Å². The van der Waals surface area contributed by atoms with Crippen molar-refractivity contribution in [3.8, 4) is 11.6 Å². The van der Waals surface area contributed by atoms with Crippen LogP contribution in [0.5, 0.6) is 11.6 Å². The number of nitrogens with zero attached hydrogens (tertiary/aromatic N) is 6. The van der Waals surface area contributed by atoms with Crippen LogP contribution in [0.25, 0.3) is 10.9 Å². The number of para-hydroxylation sites is 1. The molecule has 4 heterocycles. The lowest BCUT2D eigenvalue weighted by Crippen LogP contribution is -2.47. The molecule has 0 aliphatic carbocycles. The predicted octanol–water partition coefficient (Wildman–Crippen LogP) is 3.12. The van der Waals surface area contributed by atoms with Crippen LogP contribution in [0.4, 0.5) is 17.3 Å². The summed E-state index contributed by atoms with van der Waals surface area (Å²) in [5, 5.41) is 0.994. The summed E-state index contributed by atoms with van der Waals surface area (Å²) < 4.78 is 6.06. The molecule has 1 aliphatic rings. The monoisotopic (exact) mass is 399 g/mol. The zero-order chi connectivity index (χ0) is 20.3. The lowest BCUT2D eigenvalue weighted by atomic mass is 10.2. The number of rotatable bonds is 4. The van der Waals surface area contributed by atoms with Gasteiger partial charge in [-0.3, -0.25) is 4.98 Å². The van der Waals surface area contributed by atoms with Crippen molar-refractivity contribution in [1.82, 2.24) is 19.9 Å². The molecule has 0 amide bonds. The van der Waals surface area contributed by atoms with Crippen LogP contribution in [0.15, 0.2) is 67.3 Å². The highest BCUT2D eigenvalue weighted by molar-refractivity contribution is 5.84. The maximum atomic E-state index is 6.41. The number of fused-ring (bicyclic) bond motifs is 1. The molecule has 0 bridgehead atoms. The zero-order valence-electron chi connectivity index (χ0n) is 16.3. The first-order chi connectivity index (χ1) is 14.8. The standard InChI is InChI=1S/C22H21N7O/c23-19-21(29-13-11-28(12-14-29)18-8-1-2-9-24-18)26-15-27-22(19)30-17-7-3-5-16-6-4-10-25-20(16)17/h1-10,15H,11-14,23H2. The number of pyridine rings is 2. The summed E-state index contributed by atoms with van der Waals surface area (Å²) in [4.78, 5) is 22.0. The van der Waals surface area contributed by atoms with Gasteiger partial charge < -0.3 is 20.3 Å². The minimum atomic E-state index is 0.338. The molecule has 2 N–H and O–H groups in total. The van der Waals surface area contributed by atoms with E-state index in [0.717, 1.165) is 42.9 Å². The van der Waals surface area contributed by atoms with Crippen LogP contribution in [0.2, 0.25) is 0 Å². The van der Waals surface area contributed by atoms with E-state index in [1.807, 2.05) is 54.7 Å². The molecule has 0 saturated carbocycles. The van der Waals surface area contributed by atoms with Crippen molar-refractivity contribution in [3.05, 3.63) is 67.3 Å². The van der Waals surface area contributed by atoms with Crippen LogP contribution >= 0.6 is 0 Å². The second kappa shape index (κ2) is 7.82. The molecule has 3 aromatic heterocycles. The van der Waals surface area contributed by atoms with Crippen molar-refractivity contribution in [2.45, 2.75) is 0 Å². The van der Waals surface area contributed by atoms with Crippen LogP contribution < -0.4 is 20.3 Å². The first-order valence-corrected chi connectivity index (χ1v) is 9.82. The summed E-state index contributed by atoms with van der Waals surface area (Å²) in [6.45, 7) is 3.24. The molecular formula is C22H21N7O. The van der Waals surface area contributed by atoms with Gasteiger partial charge in [-0.2, -0.15) is 4.98 Å². The van der Waals surface area contributed by atoms with Crippen molar-refractivity contribution < 1.29 is 4.74 Å². The van der Waals surface area contributed by atoms with Gasteiger partial charge in [-0.05, 0) is 24.3 Å². The van der Waals surface area contributed by atoms with Gasteiger partial charge in [0.15, 0.2) is 11.6 Å². The summed E-state index contributed by atoms with van der Waals surface area (Å²) >= 11 is 0. The van der Waals surface area contributed by atoms with Crippen molar-refractivity contribution in [1.29, 1.82) is 0 Å². The lowest BCUT2D eigenvalue weighted by molar-refractivity contribution is 0.468. The van der Waals surface area contributed by atoms with Crippen molar-refractivity contribution >= 4 is 28.2 Å². The van der Waals surface area contributed by atoms with E-state index >= 15 is 0 Å². The Morgan fingerprint density at radius 2 is 1.57 bits per heavy atom. The molecule has 1 aromatic carbocycles. The summed E-state index contributed by atoms with van der Waals surface area (Å²) in [5.41, 5.74) is 7.61. The number of hydrogen-bond acceptors (Lipinski definition) is 8. The molecule has 0 radical (unpaired) electrons. The van der Waals surface area contributed by atoms with Gasteiger partial charge in [-0.15, -0.1) is 0 Å². The van der Waals surface area contributed by atoms with Gasteiger partial charge in [0.05, 0.1) is 0 Å². The van der Waals surface area contributed by atoms with E-state index in [2.05, 4.69) is 29.7 Å². The summed E-state index contributed by atoms with van der Waals surface area (Å²) in [7, 11) is 0. The fourth-order valence-electron chi connectivity index (χ4n) is 3.65. The molecule has 1 fully saturated rings. The highest BCUT2D eigenvalue weighted by atomic mass is 16.5. The highest BCUT2D eigenvalue weighted by Crippen LogP contribution is 2.34. The maximum Gasteiger partial charge on any atom is 0.248 e. The largest absolute Gasteiger partial charge is 0.435 e. The van der Waals surface area contributed by atoms with E-state index in [0.29, 0.717) is 23.1 Å². The molecule has 30 heavy (non-hydrogen) atoms. The van der Waals surface area contributed by atoms with Gasteiger partial charge >= 0.3 is 0 Å². The Kier molecular flexibility index (Phi) is 4.72. The minimum absolute atomic E-state index is 0.338. The van der Waals surface area contributed by atoms with Crippen LogP contribution in [0, 0.1) is 0 Å². The zero-order valence-corrected chi connectivity index (χ0v) is 16.3. The number of hydrogen-bond donors (Lipinski definition) is 1. The SMILES string of the molecule is Nc1c(Oc2cccc3cccnc23)ncnc1N1CCN(c2ccccn2)CC1. The smallest absolute Gasteiger partial charge is 0.248 e. The molecule has 0 spiro atoms. The van der Waals surface area contributed by atoms with Crippen molar-refractivity contribution in [2.24, 2.45) is 0 Å². The Morgan fingerprint density at radius 3 is 2.40 bits per heavy atom. The predicted molar refractivity (Wildman–Crippen MR) is 117 cm³/mol. The number of ether oxygens (including phenoxy) is 1. The molecule has 8 heteroatoms. The van der Waals surface area contributed by atoms with Crippen LogP contribution in [-0.2, 0) is 0 Å². The number of anilines is 3. The Morgan fingerprint density at radius 1 is 0.767 bits per heavy atom. The average Bonchev–Trinajstić information content (AvgIpc) is 2.81. The lowest BCUT2D eigenvalue weighted by Gasteiger charge is -2.36. The van der Waals surface area contributed by atoms with E-state index in [1.54, 1.807) is 6.20 Å². The highest BCUT2D eigenvalue weighted by Gasteiger charge is 2.22. The summed E-state index contributed by atoms with van der Waals surface area (Å²) in [6.07, 6.45) is 5.05. The second-order valence-corrected chi connectivity index (χ2v) is 7.01. The fourth-order valence-corrected chi connectivity index (χ4v) is 3.65. The van der Waals surface area contributed by atoms with Gasteiger partial charge in [-0.1, -0.05) is 24.3 Å². The number of piperazine rings is 1. The molecule has 8 nitrogen and oxygen atoms in total. The van der Waals surface area contributed by atoms with Gasteiger partial charge in [0, 0.05) is 44.0 Å². The number of aromatic nitrogens is 4. The van der Waals surface area contributed by atoms with E-state index in [4.69, 9.17) is 10.5 Å². The second-order valence-electron chi connectivity index (χ2n) is 7.01. The molecule has 4 aromatic rings. The molecule has 150 valence electrons. The molecule has 5 rings (SSSR count). The Balaban J connectivity index is 1.36. The van der Waals surface area contributed by atoms with Crippen LogP contribution in [0.1, 0.15) is 0 Å². The molecule has 1 aliphatic heterocycles. The Bertz CT molecular complexity index is 1160. The van der Waals surface area contributed by atoms with E-state index < -0.39 is 0 Å². The topological polar surface area (TPSA) is 93.3 Å². The third-order valence-corrected chi connectivity index (χ3v) is 5.18. The van der Waals surface area contributed by atoms with Crippen molar-refractivity contribution in [3.63, 3.8) is 0 Å². The Hall–Kier alpha value is -3.94. The van der Waals surface area contributed by atoms with E-state index in [9.17, 15) is 0 Å². The Labute approximate surface area is 174 Å². The maximum absolute atomic E-state index is 6.41. The normalized spacial score (nSPS) is 14.1. The third-order valence-electron chi connectivity index (χ3n) is 5.18. The van der Waals surface area contributed by atoms with Gasteiger partial charge in [0.2, 0.25) is 5.88 Å². The summed E-state index contributed by atoms with van der Waals surface area (Å²) in [5.74, 6) is 2.63. The summed E-state index contributed by atoms with van der Waals surface area (Å²) in [6, 6.07) is 15.6. The minimum Gasteiger partial charge on any atom is -0.435 e. The van der Waals surface area contributed by atoms with Gasteiger partial charge in [-0.25, -0.2) is 9.97 Å². The first-order valence-electron chi connectivity index (χ1n) is 9.82. The van der Waals surface area contributed by atoms with Crippen LogP contribution in [0.3, 0.4) is 0 Å². The average molecular weight is 399 g/mol. The van der Waals surface area contributed by atoms with Crippen molar-refractivity contribution in [2.75, 3.05) is 41.7 Å². The third kappa shape index (κ3) is 3.43.